The Hall–Kier alpha value is 0.110. The van der Waals surface area contributed by atoms with Crippen molar-refractivity contribution < 1.29 is 18.9 Å². The predicted molar refractivity (Wildman–Crippen MR) is 46.9 cm³/mol. The summed E-state index contributed by atoms with van der Waals surface area (Å²) in [6.07, 6.45) is 6.23. The van der Waals surface area contributed by atoms with Crippen molar-refractivity contribution >= 4 is 7.82 Å². The zero-order valence-corrected chi connectivity index (χ0v) is 8.92. The topological polar surface area (TPSA) is 72.4 Å². The number of hydrogen-bond donors (Lipinski definition) is 0. The molecule has 0 amide bonds. The smallest absolute Gasteiger partial charge is 0.0596 e. The zero-order chi connectivity index (χ0) is 10.2. The molecule has 0 bridgehead atoms. The second-order valence-corrected chi connectivity index (χ2v) is 4.20. The van der Waals surface area contributed by atoms with Crippen molar-refractivity contribution in [2.24, 2.45) is 0 Å². The molecule has 0 spiro atoms. The monoisotopic (exact) mass is 208 g/mol. The molecule has 13 heavy (non-hydrogen) atoms. The molecule has 0 fully saturated rings. The first-order valence-corrected chi connectivity index (χ1v) is 6.19. The molecule has 0 aliphatic heterocycles. The first-order chi connectivity index (χ1) is 6.06. The Bertz CT molecular complexity index is 154. The Kier molecular flexibility index (Phi) is 7.57. The van der Waals surface area contributed by atoms with E-state index in [0.717, 1.165) is 12.8 Å². The summed E-state index contributed by atoms with van der Waals surface area (Å²) in [6.45, 7) is 2.17. The lowest BCUT2D eigenvalue weighted by Gasteiger charge is -2.28. The van der Waals surface area contributed by atoms with Gasteiger partial charge in [0.15, 0.2) is 0 Å². The molecule has 0 radical (unpaired) electrons. The van der Waals surface area contributed by atoms with Gasteiger partial charge in [-0.3, -0.25) is 0 Å². The summed E-state index contributed by atoms with van der Waals surface area (Å²) in [6, 6.07) is 0. The van der Waals surface area contributed by atoms with E-state index >= 15 is 0 Å². The average molecular weight is 208 g/mol. The van der Waals surface area contributed by atoms with Crippen LogP contribution in [-0.4, -0.2) is 6.61 Å². The third kappa shape index (κ3) is 12.1. The second-order valence-electron chi connectivity index (χ2n) is 3.05. The summed E-state index contributed by atoms with van der Waals surface area (Å²) >= 11 is 0. The second kappa shape index (κ2) is 7.51. The molecular weight excluding hydrogens is 191 g/mol. The van der Waals surface area contributed by atoms with E-state index in [1.165, 1.54) is 19.3 Å². The van der Waals surface area contributed by atoms with Gasteiger partial charge >= 0.3 is 0 Å². The van der Waals surface area contributed by atoms with Gasteiger partial charge in [-0.1, -0.05) is 39.0 Å². The van der Waals surface area contributed by atoms with Gasteiger partial charge in [0.2, 0.25) is 0 Å². The van der Waals surface area contributed by atoms with Crippen LogP contribution in [0.25, 0.3) is 0 Å². The van der Waals surface area contributed by atoms with Crippen molar-refractivity contribution in [3.63, 3.8) is 0 Å². The normalized spacial score (nSPS) is 11.9. The number of hydrogen-bond acceptors (Lipinski definition) is 4. The maximum atomic E-state index is 10.0. The van der Waals surface area contributed by atoms with Gasteiger partial charge in [0, 0.05) is 0 Å². The largest absolute Gasteiger partial charge is 0.790 e. The fraction of sp³-hybridized carbons (Fsp3) is 1.00. The highest BCUT2D eigenvalue weighted by Crippen LogP contribution is 2.24. The Morgan fingerprint density at radius 3 is 2.15 bits per heavy atom. The van der Waals surface area contributed by atoms with Gasteiger partial charge in [-0.15, -0.1) is 0 Å². The molecule has 0 unspecified atom stereocenters. The van der Waals surface area contributed by atoms with Gasteiger partial charge in [-0.25, -0.2) is 0 Å². The number of rotatable bonds is 8. The highest BCUT2D eigenvalue weighted by Gasteiger charge is 1.92. The Labute approximate surface area is 79.5 Å². The molecule has 0 saturated heterocycles. The summed E-state index contributed by atoms with van der Waals surface area (Å²) in [7, 11) is -4.73. The minimum absolute atomic E-state index is 0.0381. The Morgan fingerprint density at radius 2 is 1.62 bits per heavy atom. The lowest BCUT2D eigenvalue weighted by molar-refractivity contribution is -0.341. The van der Waals surface area contributed by atoms with E-state index in [-0.39, 0.29) is 6.61 Å². The first-order valence-electron chi connectivity index (χ1n) is 4.73. The summed E-state index contributed by atoms with van der Waals surface area (Å²) in [5.41, 5.74) is 0. The average Bonchev–Trinajstić information content (AvgIpc) is 2.01. The highest BCUT2D eigenvalue weighted by atomic mass is 31.2. The van der Waals surface area contributed by atoms with E-state index in [9.17, 15) is 14.4 Å². The van der Waals surface area contributed by atoms with Crippen LogP contribution in [0.4, 0.5) is 0 Å². The molecule has 0 rings (SSSR count). The van der Waals surface area contributed by atoms with Crippen molar-refractivity contribution in [1.29, 1.82) is 0 Å². The van der Waals surface area contributed by atoms with Crippen LogP contribution in [-0.2, 0) is 9.09 Å². The Morgan fingerprint density at radius 1 is 1.08 bits per heavy atom. The van der Waals surface area contributed by atoms with Crippen molar-refractivity contribution in [2.45, 2.75) is 45.4 Å². The van der Waals surface area contributed by atoms with E-state index in [1.807, 2.05) is 0 Å². The van der Waals surface area contributed by atoms with Gasteiger partial charge in [-0.2, -0.15) is 0 Å². The molecule has 4 nitrogen and oxygen atoms in total. The fourth-order valence-corrected chi connectivity index (χ4v) is 1.41. The maximum absolute atomic E-state index is 10.0. The third-order valence-electron chi connectivity index (χ3n) is 1.75. The van der Waals surface area contributed by atoms with Crippen LogP contribution in [0.2, 0.25) is 0 Å². The molecule has 0 aromatic heterocycles. The molecule has 0 aliphatic carbocycles. The summed E-state index contributed by atoms with van der Waals surface area (Å²) in [4.78, 5) is 20.0. The van der Waals surface area contributed by atoms with E-state index in [0.29, 0.717) is 6.42 Å². The van der Waals surface area contributed by atoms with Crippen molar-refractivity contribution in [3.05, 3.63) is 0 Å². The van der Waals surface area contributed by atoms with Gasteiger partial charge in [0.25, 0.3) is 0 Å². The number of unbranched alkanes of at least 4 members (excludes halogenated alkanes) is 5. The molecule has 5 heteroatoms. The minimum Gasteiger partial charge on any atom is -0.790 e. The molecule has 0 aromatic rings. The van der Waals surface area contributed by atoms with Crippen LogP contribution in [0.15, 0.2) is 0 Å². The van der Waals surface area contributed by atoms with Crippen LogP contribution in [0.5, 0.6) is 0 Å². The van der Waals surface area contributed by atoms with Gasteiger partial charge in [-0.05, 0) is 6.42 Å². The van der Waals surface area contributed by atoms with E-state index in [4.69, 9.17) is 0 Å². The van der Waals surface area contributed by atoms with Crippen LogP contribution < -0.4 is 9.79 Å². The molecule has 0 N–H and O–H groups in total. The maximum Gasteiger partial charge on any atom is 0.0596 e. The molecule has 0 saturated carbocycles. The third-order valence-corrected chi connectivity index (χ3v) is 2.25. The van der Waals surface area contributed by atoms with Crippen molar-refractivity contribution in [3.8, 4) is 0 Å². The van der Waals surface area contributed by atoms with Gasteiger partial charge in [0.1, 0.15) is 0 Å². The fourth-order valence-electron chi connectivity index (χ4n) is 1.06. The molecule has 0 atom stereocenters. The Balaban J connectivity index is 3.04. The number of phosphoric acid groups is 1. The standard InChI is InChI=1S/C8H19O4P/c1-2-3-4-5-6-7-8-12-13(9,10)11/h2-8H2,1H3,(H2,9,10,11)/p-2. The molecule has 80 valence electrons. The zero-order valence-electron chi connectivity index (χ0n) is 8.03. The quantitative estimate of drug-likeness (QED) is 0.443. The summed E-state index contributed by atoms with van der Waals surface area (Å²) in [5, 5.41) is 0. The van der Waals surface area contributed by atoms with Gasteiger partial charge < -0.3 is 18.9 Å². The lowest BCUT2D eigenvalue weighted by atomic mass is 10.1. The molecule has 0 heterocycles. The first kappa shape index (κ1) is 13.1. The van der Waals surface area contributed by atoms with Crippen LogP contribution in [0.1, 0.15) is 45.4 Å². The molecular formula is C8H17O4P-2. The minimum atomic E-state index is -4.73. The van der Waals surface area contributed by atoms with E-state index in [2.05, 4.69) is 11.4 Å². The lowest BCUT2D eigenvalue weighted by Crippen LogP contribution is -2.16. The van der Waals surface area contributed by atoms with E-state index < -0.39 is 7.82 Å². The SMILES string of the molecule is CCCCCCCCOP(=O)([O-])[O-]. The van der Waals surface area contributed by atoms with Gasteiger partial charge in [0.05, 0.1) is 14.4 Å². The van der Waals surface area contributed by atoms with Crippen molar-refractivity contribution in [1.82, 2.24) is 0 Å². The van der Waals surface area contributed by atoms with E-state index in [1.54, 1.807) is 0 Å². The van der Waals surface area contributed by atoms with Crippen molar-refractivity contribution in [2.75, 3.05) is 6.61 Å². The molecule has 0 aromatic carbocycles. The summed E-state index contributed by atoms with van der Waals surface area (Å²) in [5.74, 6) is 0. The number of phosphoric ester groups is 1. The van der Waals surface area contributed by atoms with Crippen LogP contribution in [0, 0.1) is 0 Å². The van der Waals surface area contributed by atoms with Crippen LogP contribution in [0.3, 0.4) is 0 Å². The molecule has 0 aliphatic rings. The van der Waals surface area contributed by atoms with Crippen LogP contribution >= 0.6 is 7.82 Å². The summed E-state index contributed by atoms with van der Waals surface area (Å²) < 4.78 is 14.1. The predicted octanol–water partition coefficient (Wildman–Crippen LogP) is 1.19. The highest BCUT2D eigenvalue weighted by molar-refractivity contribution is 7.43.